The third-order valence-electron chi connectivity index (χ3n) is 3.08. The van der Waals surface area contributed by atoms with Crippen molar-refractivity contribution in [3.63, 3.8) is 0 Å². The Kier molecular flexibility index (Phi) is 5.83. The van der Waals surface area contributed by atoms with Crippen LogP contribution in [0.5, 0.6) is 0 Å². The van der Waals surface area contributed by atoms with E-state index in [-0.39, 0.29) is 17.9 Å². The monoisotopic (exact) mass is 353 g/mol. The molecule has 2 rings (SSSR count). The fourth-order valence-electron chi connectivity index (χ4n) is 1.86. The summed E-state index contributed by atoms with van der Waals surface area (Å²) in [6, 6.07) is 3.78. The molecule has 7 nitrogen and oxygen atoms in total. The van der Waals surface area contributed by atoms with Gasteiger partial charge in [0, 0.05) is 6.07 Å². The lowest BCUT2D eigenvalue weighted by Gasteiger charge is -2.07. The summed E-state index contributed by atoms with van der Waals surface area (Å²) in [5.41, 5.74) is -0.305. The maximum Gasteiger partial charge on any atom is 0.341 e. The van der Waals surface area contributed by atoms with Gasteiger partial charge in [0.25, 0.3) is 5.91 Å². The second-order valence-electron chi connectivity index (χ2n) is 4.72. The van der Waals surface area contributed by atoms with E-state index >= 15 is 0 Å². The van der Waals surface area contributed by atoms with E-state index in [2.05, 4.69) is 10.1 Å². The van der Waals surface area contributed by atoms with Crippen molar-refractivity contribution >= 4 is 17.8 Å². The van der Waals surface area contributed by atoms with Crippen LogP contribution in [0, 0.1) is 11.6 Å². The third-order valence-corrected chi connectivity index (χ3v) is 3.08. The summed E-state index contributed by atoms with van der Waals surface area (Å²) in [6.45, 7) is -0.902. The lowest BCUT2D eigenvalue weighted by molar-refractivity contribution is -0.144. The van der Waals surface area contributed by atoms with Crippen molar-refractivity contribution in [2.24, 2.45) is 0 Å². The molecular weight excluding hydrogens is 340 g/mol. The molecule has 0 fully saturated rings. The van der Waals surface area contributed by atoms with Crippen LogP contribution in [0.3, 0.4) is 0 Å². The number of esters is 2. The first kappa shape index (κ1) is 18.1. The fourth-order valence-corrected chi connectivity index (χ4v) is 1.86. The van der Waals surface area contributed by atoms with E-state index in [1.807, 2.05) is 0 Å². The number of hydrogen-bond donors (Lipinski definition) is 1. The molecule has 0 aliphatic rings. The first-order valence-electron chi connectivity index (χ1n) is 6.96. The average molecular weight is 353 g/mol. The van der Waals surface area contributed by atoms with E-state index in [9.17, 15) is 23.2 Å². The van der Waals surface area contributed by atoms with Gasteiger partial charge in [-0.05, 0) is 18.2 Å². The Morgan fingerprint density at radius 2 is 1.92 bits per heavy atom. The normalized spacial score (nSPS) is 10.2. The Bertz CT molecular complexity index is 802. The van der Waals surface area contributed by atoms with Crippen molar-refractivity contribution < 1.29 is 37.1 Å². The number of methoxy groups -OCH3 is 1. The Hall–Kier alpha value is -3.23. The Labute approximate surface area is 140 Å². The number of benzene rings is 1. The fraction of sp³-hybridized carbons (Fsp3) is 0.188. The lowest BCUT2D eigenvalue weighted by atomic mass is 10.2. The zero-order valence-electron chi connectivity index (χ0n) is 13.0. The maximum atomic E-state index is 13.4. The van der Waals surface area contributed by atoms with Gasteiger partial charge in [-0.2, -0.15) is 0 Å². The molecule has 2 aromatic rings. The van der Waals surface area contributed by atoms with Gasteiger partial charge in [0.2, 0.25) is 0 Å². The Balaban J connectivity index is 1.86. The number of hydrogen-bond acceptors (Lipinski definition) is 6. The van der Waals surface area contributed by atoms with Gasteiger partial charge in [0.05, 0.1) is 18.9 Å². The zero-order valence-corrected chi connectivity index (χ0v) is 13.0. The SMILES string of the molecule is COC(=O)c1ccoc1COC(=O)CNC(=O)c1ccc(F)cc1F. The van der Waals surface area contributed by atoms with E-state index in [4.69, 9.17) is 9.15 Å². The summed E-state index contributed by atoms with van der Waals surface area (Å²) in [7, 11) is 1.19. The summed E-state index contributed by atoms with van der Waals surface area (Å²) >= 11 is 0. The molecule has 132 valence electrons. The highest BCUT2D eigenvalue weighted by molar-refractivity contribution is 5.96. The van der Waals surface area contributed by atoms with Crippen molar-refractivity contribution in [1.82, 2.24) is 5.32 Å². The molecule has 25 heavy (non-hydrogen) atoms. The van der Waals surface area contributed by atoms with Crippen LogP contribution in [0.2, 0.25) is 0 Å². The first-order valence-corrected chi connectivity index (χ1v) is 6.96. The average Bonchev–Trinajstić information content (AvgIpc) is 3.05. The minimum Gasteiger partial charge on any atom is -0.465 e. The topological polar surface area (TPSA) is 94.8 Å². The predicted octanol–water partition coefficient (Wildman–Crippen LogP) is 1.82. The highest BCUT2D eigenvalue weighted by Crippen LogP contribution is 2.13. The van der Waals surface area contributed by atoms with E-state index in [1.54, 1.807) is 0 Å². The molecule has 1 aromatic carbocycles. The molecule has 0 bridgehead atoms. The van der Waals surface area contributed by atoms with Gasteiger partial charge in [-0.1, -0.05) is 0 Å². The van der Waals surface area contributed by atoms with Gasteiger partial charge < -0.3 is 19.2 Å². The standard InChI is InChI=1S/C16H13F2NO6/c1-23-16(22)11-4-5-24-13(11)8-25-14(20)7-19-15(21)10-3-2-9(17)6-12(10)18/h2-6H,7-8H2,1H3,(H,19,21). The maximum absolute atomic E-state index is 13.4. The van der Waals surface area contributed by atoms with Crippen LogP contribution in [0.1, 0.15) is 26.5 Å². The van der Waals surface area contributed by atoms with Crippen LogP contribution in [0.4, 0.5) is 8.78 Å². The molecule has 1 amide bonds. The number of ether oxygens (including phenoxy) is 2. The first-order chi connectivity index (χ1) is 11.9. The molecule has 1 N–H and O–H groups in total. The second kappa shape index (κ2) is 8.04. The van der Waals surface area contributed by atoms with Crippen molar-refractivity contribution in [3.8, 4) is 0 Å². The van der Waals surface area contributed by atoms with Gasteiger partial charge in [-0.15, -0.1) is 0 Å². The molecule has 0 unspecified atom stereocenters. The molecular formula is C16H13F2NO6. The summed E-state index contributed by atoms with van der Waals surface area (Å²) in [5, 5.41) is 2.14. The number of rotatable bonds is 6. The lowest BCUT2D eigenvalue weighted by Crippen LogP contribution is -2.31. The van der Waals surface area contributed by atoms with Gasteiger partial charge >= 0.3 is 11.9 Å². The quantitative estimate of drug-likeness (QED) is 0.796. The molecule has 0 spiro atoms. The predicted molar refractivity (Wildman–Crippen MR) is 78.5 cm³/mol. The highest BCUT2D eigenvalue weighted by atomic mass is 19.1. The zero-order chi connectivity index (χ0) is 18.4. The molecule has 1 heterocycles. The van der Waals surface area contributed by atoms with Crippen LogP contribution < -0.4 is 5.32 Å². The highest BCUT2D eigenvalue weighted by Gasteiger charge is 2.18. The van der Waals surface area contributed by atoms with E-state index < -0.39 is 41.6 Å². The van der Waals surface area contributed by atoms with Crippen LogP contribution in [-0.4, -0.2) is 31.5 Å². The Morgan fingerprint density at radius 3 is 2.60 bits per heavy atom. The van der Waals surface area contributed by atoms with Gasteiger partial charge in [-0.25, -0.2) is 13.6 Å². The summed E-state index contributed by atoms with van der Waals surface area (Å²) in [5.74, 6) is -4.20. The summed E-state index contributed by atoms with van der Waals surface area (Å²) < 4.78 is 40.6. The minimum absolute atomic E-state index is 0.0797. The molecule has 0 atom stereocenters. The van der Waals surface area contributed by atoms with Crippen molar-refractivity contribution in [2.75, 3.05) is 13.7 Å². The largest absolute Gasteiger partial charge is 0.465 e. The summed E-state index contributed by atoms with van der Waals surface area (Å²) in [4.78, 5) is 34.8. The van der Waals surface area contributed by atoms with E-state index in [0.29, 0.717) is 6.07 Å². The molecule has 0 radical (unpaired) electrons. The molecule has 0 aliphatic carbocycles. The van der Waals surface area contributed by atoms with E-state index in [0.717, 1.165) is 12.1 Å². The van der Waals surface area contributed by atoms with Crippen molar-refractivity contribution in [3.05, 3.63) is 59.1 Å². The number of amides is 1. The number of furan rings is 1. The van der Waals surface area contributed by atoms with Gasteiger partial charge in [0.15, 0.2) is 5.76 Å². The van der Waals surface area contributed by atoms with E-state index in [1.165, 1.54) is 19.4 Å². The van der Waals surface area contributed by atoms with Crippen molar-refractivity contribution in [1.29, 1.82) is 0 Å². The Morgan fingerprint density at radius 1 is 1.16 bits per heavy atom. The third kappa shape index (κ3) is 4.63. The summed E-state index contributed by atoms with van der Waals surface area (Å²) in [6.07, 6.45) is 1.23. The molecule has 0 saturated heterocycles. The smallest absolute Gasteiger partial charge is 0.341 e. The van der Waals surface area contributed by atoms with Gasteiger partial charge in [-0.3, -0.25) is 9.59 Å². The van der Waals surface area contributed by atoms with Crippen LogP contribution >= 0.6 is 0 Å². The van der Waals surface area contributed by atoms with Crippen LogP contribution in [0.15, 0.2) is 34.9 Å². The number of halogens is 2. The van der Waals surface area contributed by atoms with Gasteiger partial charge in [0.1, 0.15) is 30.3 Å². The molecule has 0 aliphatic heterocycles. The molecule has 1 aromatic heterocycles. The number of nitrogens with one attached hydrogen (secondary N) is 1. The van der Waals surface area contributed by atoms with Crippen LogP contribution in [0.25, 0.3) is 0 Å². The molecule has 9 heteroatoms. The second-order valence-corrected chi connectivity index (χ2v) is 4.72. The van der Waals surface area contributed by atoms with Crippen LogP contribution in [-0.2, 0) is 20.9 Å². The number of carbonyl (C=O) groups is 3. The van der Waals surface area contributed by atoms with Crippen molar-refractivity contribution in [2.45, 2.75) is 6.61 Å². The number of carbonyl (C=O) groups excluding carboxylic acids is 3. The minimum atomic E-state index is -1.05. The molecule has 0 saturated carbocycles.